The first kappa shape index (κ1) is 18.8. The highest BCUT2D eigenvalue weighted by molar-refractivity contribution is 5.62. The van der Waals surface area contributed by atoms with Gasteiger partial charge < -0.3 is 9.53 Å². The molecule has 1 spiro atoms. The highest BCUT2D eigenvalue weighted by atomic mass is 17.3. The second-order valence-electron chi connectivity index (χ2n) is 8.07. The molecule has 0 amide bonds. The number of hydrogen-bond donors (Lipinski definition) is 0. The Morgan fingerprint density at radius 1 is 1.13 bits per heavy atom. The van der Waals surface area contributed by atoms with Crippen molar-refractivity contribution >= 4 is 6.29 Å². The van der Waals surface area contributed by atoms with Gasteiger partial charge in [0, 0.05) is 24.7 Å². The number of carbonyl (C=O) groups is 1. The summed E-state index contributed by atoms with van der Waals surface area (Å²) in [4.78, 5) is 24.1. The molecule has 3 aliphatic rings. The molecule has 23 heavy (non-hydrogen) atoms. The van der Waals surface area contributed by atoms with Gasteiger partial charge in [-0.15, -0.1) is 0 Å². The summed E-state index contributed by atoms with van der Waals surface area (Å²) in [5, 5.41) is 0. The lowest BCUT2D eigenvalue weighted by molar-refractivity contribution is -0.484. The third-order valence-electron chi connectivity index (χ3n) is 5.63. The third-order valence-corrected chi connectivity index (χ3v) is 5.63. The standard InChI is InChI=1S/C16H27NO4.C2H6/c1-14(2)7-12(19-5)8-15(3,4)17(14)9-13-16(21-20-13)6-11(16)10-18;1-2/h10-13H,6-9H2,1-5H3;1-2H3. The Kier molecular flexibility index (Phi) is 5.27. The van der Waals surface area contributed by atoms with Gasteiger partial charge in [0.1, 0.15) is 18.0 Å². The Hall–Kier alpha value is -0.490. The number of aldehydes is 1. The first-order chi connectivity index (χ1) is 10.7. The van der Waals surface area contributed by atoms with Crippen molar-refractivity contribution in [2.75, 3.05) is 13.7 Å². The van der Waals surface area contributed by atoms with Gasteiger partial charge in [0.25, 0.3) is 0 Å². The summed E-state index contributed by atoms with van der Waals surface area (Å²) >= 11 is 0. The normalized spacial score (nSPS) is 38.4. The van der Waals surface area contributed by atoms with Crippen LogP contribution in [0.15, 0.2) is 0 Å². The maximum Gasteiger partial charge on any atom is 0.144 e. The van der Waals surface area contributed by atoms with E-state index in [1.54, 1.807) is 7.11 Å². The van der Waals surface area contributed by atoms with E-state index in [1.165, 1.54) is 0 Å². The van der Waals surface area contributed by atoms with Gasteiger partial charge in [-0.05, 0) is 47.0 Å². The van der Waals surface area contributed by atoms with Crippen molar-refractivity contribution in [3.05, 3.63) is 0 Å². The first-order valence-corrected chi connectivity index (χ1v) is 8.85. The molecule has 0 aromatic carbocycles. The van der Waals surface area contributed by atoms with Crippen LogP contribution in [0, 0.1) is 5.92 Å². The molecule has 2 saturated heterocycles. The van der Waals surface area contributed by atoms with Gasteiger partial charge in [0.05, 0.1) is 12.0 Å². The number of rotatable bonds is 4. The predicted octanol–water partition coefficient (Wildman–Crippen LogP) is 2.97. The van der Waals surface area contributed by atoms with Gasteiger partial charge in [-0.25, -0.2) is 9.78 Å². The Balaban J connectivity index is 0.000000924. The number of piperidine rings is 1. The zero-order chi connectivity index (χ0) is 17.5. The van der Waals surface area contributed by atoms with Crippen LogP contribution in [0.25, 0.3) is 0 Å². The number of likely N-dealkylation sites (tertiary alicyclic amines) is 1. The van der Waals surface area contributed by atoms with Crippen molar-refractivity contribution in [2.45, 2.75) is 89.7 Å². The summed E-state index contributed by atoms with van der Waals surface area (Å²) < 4.78 is 5.61. The highest BCUT2D eigenvalue weighted by Crippen LogP contribution is 2.56. The van der Waals surface area contributed by atoms with Gasteiger partial charge in [-0.3, -0.25) is 4.90 Å². The molecule has 0 radical (unpaired) electrons. The molecular weight excluding hydrogens is 294 g/mol. The first-order valence-electron chi connectivity index (χ1n) is 8.85. The number of nitrogens with zero attached hydrogens (tertiary/aromatic N) is 1. The molecule has 0 aromatic heterocycles. The molecule has 3 atom stereocenters. The molecule has 3 rings (SSSR count). The minimum absolute atomic E-state index is 0.00495. The molecule has 0 bridgehead atoms. The summed E-state index contributed by atoms with van der Waals surface area (Å²) in [6.07, 6.45) is 4.11. The van der Waals surface area contributed by atoms with Crippen LogP contribution >= 0.6 is 0 Å². The van der Waals surface area contributed by atoms with Crippen LogP contribution in [0.3, 0.4) is 0 Å². The third kappa shape index (κ3) is 3.21. The van der Waals surface area contributed by atoms with Crippen molar-refractivity contribution in [3.8, 4) is 0 Å². The van der Waals surface area contributed by atoms with Gasteiger partial charge in [0.2, 0.25) is 0 Å². The van der Waals surface area contributed by atoms with Crippen LogP contribution in [0.2, 0.25) is 0 Å². The smallest absolute Gasteiger partial charge is 0.144 e. The molecule has 0 aromatic rings. The van der Waals surface area contributed by atoms with Crippen LogP contribution in [0.1, 0.15) is 60.8 Å². The van der Waals surface area contributed by atoms with Crippen LogP contribution < -0.4 is 0 Å². The number of hydrogen-bond acceptors (Lipinski definition) is 5. The number of methoxy groups -OCH3 is 1. The minimum Gasteiger partial charge on any atom is -0.381 e. The molecule has 1 aliphatic carbocycles. The van der Waals surface area contributed by atoms with E-state index in [2.05, 4.69) is 32.6 Å². The minimum atomic E-state index is -0.327. The van der Waals surface area contributed by atoms with E-state index in [0.717, 1.165) is 32.1 Å². The van der Waals surface area contributed by atoms with Crippen molar-refractivity contribution in [2.24, 2.45) is 5.92 Å². The summed E-state index contributed by atoms with van der Waals surface area (Å²) in [5.41, 5.74) is -0.256. The highest BCUT2D eigenvalue weighted by Gasteiger charge is 2.70. The second-order valence-corrected chi connectivity index (χ2v) is 8.07. The van der Waals surface area contributed by atoms with Gasteiger partial charge in [-0.2, -0.15) is 0 Å². The summed E-state index contributed by atoms with van der Waals surface area (Å²) in [6.45, 7) is 13.8. The molecular formula is C18H33NO4. The fourth-order valence-corrected chi connectivity index (χ4v) is 4.39. The zero-order valence-electron chi connectivity index (χ0n) is 15.7. The maximum absolute atomic E-state index is 11.0. The van der Waals surface area contributed by atoms with Crippen molar-refractivity contribution in [3.63, 3.8) is 0 Å². The second kappa shape index (κ2) is 6.43. The van der Waals surface area contributed by atoms with E-state index in [0.29, 0.717) is 6.10 Å². The Bertz CT molecular complexity index is 419. The number of ether oxygens (including phenoxy) is 1. The summed E-state index contributed by atoms with van der Waals surface area (Å²) in [6, 6.07) is 0. The fourth-order valence-electron chi connectivity index (χ4n) is 4.39. The molecule has 2 aliphatic heterocycles. The summed E-state index contributed by atoms with van der Waals surface area (Å²) in [7, 11) is 1.79. The lowest BCUT2D eigenvalue weighted by Gasteiger charge is -2.56. The Morgan fingerprint density at radius 3 is 2.04 bits per heavy atom. The van der Waals surface area contributed by atoms with Gasteiger partial charge in [-0.1, -0.05) is 13.8 Å². The lowest BCUT2D eigenvalue weighted by Crippen LogP contribution is -2.66. The predicted molar refractivity (Wildman–Crippen MR) is 89.1 cm³/mol. The summed E-state index contributed by atoms with van der Waals surface area (Å²) in [5.74, 6) is 0.0130. The average molecular weight is 327 g/mol. The fraction of sp³-hybridized carbons (Fsp3) is 0.944. The Labute approximate surface area is 140 Å². The van der Waals surface area contributed by atoms with Crippen LogP contribution in [-0.4, -0.2) is 53.7 Å². The molecule has 1 saturated carbocycles. The van der Waals surface area contributed by atoms with E-state index < -0.39 is 0 Å². The van der Waals surface area contributed by atoms with Crippen molar-refractivity contribution in [1.29, 1.82) is 0 Å². The molecule has 3 unspecified atom stereocenters. The molecule has 2 heterocycles. The lowest BCUT2D eigenvalue weighted by atomic mass is 9.77. The molecule has 134 valence electrons. The maximum atomic E-state index is 11.0. The molecule has 3 fully saturated rings. The van der Waals surface area contributed by atoms with Crippen LogP contribution in [-0.2, 0) is 19.3 Å². The van der Waals surface area contributed by atoms with Gasteiger partial charge >= 0.3 is 0 Å². The quantitative estimate of drug-likeness (QED) is 0.587. The molecule has 5 heteroatoms. The van der Waals surface area contributed by atoms with Crippen molar-refractivity contribution in [1.82, 2.24) is 4.90 Å². The topological polar surface area (TPSA) is 48.0 Å². The van der Waals surface area contributed by atoms with Crippen molar-refractivity contribution < 1.29 is 19.3 Å². The monoisotopic (exact) mass is 327 g/mol. The van der Waals surface area contributed by atoms with E-state index >= 15 is 0 Å². The van der Waals surface area contributed by atoms with E-state index in [1.807, 2.05) is 13.8 Å². The zero-order valence-corrected chi connectivity index (χ0v) is 15.7. The Morgan fingerprint density at radius 2 is 1.70 bits per heavy atom. The van der Waals surface area contributed by atoms with Crippen LogP contribution in [0.5, 0.6) is 0 Å². The van der Waals surface area contributed by atoms with E-state index in [9.17, 15) is 4.79 Å². The largest absolute Gasteiger partial charge is 0.381 e. The average Bonchev–Trinajstić information content (AvgIpc) is 3.23. The molecule has 5 nitrogen and oxygen atoms in total. The number of carbonyl (C=O) groups excluding carboxylic acids is 1. The van der Waals surface area contributed by atoms with E-state index in [-0.39, 0.29) is 28.7 Å². The van der Waals surface area contributed by atoms with E-state index in [4.69, 9.17) is 14.5 Å². The van der Waals surface area contributed by atoms with Gasteiger partial charge in [0.15, 0.2) is 0 Å². The SMILES string of the molecule is CC.COC1CC(C)(C)N(CC2OOC23CC3C=O)C(C)(C)C1. The van der Waals surface area contributed by atoms with Crippen LogP contribution in [0.4, 0.5) is 0 Å². The molecule has 0 N–H and O–H groups in total.